The fourth-order valence-corrected chi connectivity index (χ4v) is 3.61. The molecule has 6 heteroatoms. The highest BCUT2D eigenvalue weighted by atomic mass is 32.1. The van der Waals surface area contributed by atoms with Crippen molar-refractivity contribution in [1.82, 2.24) is 15.6 Å². The van der Waals surface area contributed by atoms with Crippen LogP contribution in [-0.4, -0.2) is 30.6 Å². The van der Waals surface area contributed by atoms with Gasteiger partial charge in [-0.25, -0.2) is 4.98 Å². The maximum atomic E-state index is 5.95. The van der Waals surface area contributed by atoms with E-state index in [1.807, 2.05) is 12.1 Å². The number of rotatable bonds is 4. The Hall–Kier alpha value is -2.08. The van der Waals surface area contributed by atoms with Gasteiger partial charge in [-0.2, -0.15) is 0 Å². The van der Waals surface area contributed by atoms with E-state index >= 15 is 0 Å². The summed E-state index contributed by atoms with van der Waals surface area (Å²) in [7, 11) is 1.78. The molecule has 134 valence electrons. The summed E-state index contributed by atoms with van der Waals surface area (Å²) >= 11 is 1.71. The molecule has 1 atom stereocenters. The largest absolute Gasteiger partial charge is 0.488 e. The first-order chi connectivity index (χ1) is 12.0. The average Bonchev–Trinajstić information content (AvgIpc) is 3.21. The first-order valence-corrected chi connectivity index (χ1v) is 9.47. The normalized spacial score (nSPS) is 17.1. The first kappa shape index (κ1) is 17.7. The van der Waals surface area contributed by atoms with Gasteiger partial charge in [-0.3, -0.25) is 4.99 Å². The number of ether oxygens (including phenoxy) is 1. The zero-order valence-corrected chi connectivity index (χ0v) is 16.1. The number of benzene rings is 1. The summed E-state index contributed by atoms with van der Waals surface area (Å²) < 4.78 is 5.95. The fraction of sp³-hybridized carbons (Fsp3) is 0.474. The van der Waals surface area contributed by atoms with Crippen LogP contribution in [0.5, 0.6) is 5.75 Å². The van der Waals surface area contributed by atoms with Gasteiger partial charge in [0.1, 0.15) is 11.9 Å². The third kappa shape index (κ3) is 4.51. The lowest BCUT2D eigenvalue weighted by atomic mass is 9.98. The lowest BCUT2D eigenvalue weighted by molar-refractivity contribution is 0.235. The third-order valence-electron chi connectivity index (χ3n) is 4.06. The van der Waals surface area contributed by atoms with Crippen molar-refractivity contribution in [2.75, 3.05) is 13.6 Å². The minimum atomic E-state index is 0.0949. The minimum Gasteiger partial charge on any atom is -0.488 e. The van der Waals surface area contributed by atoms with Crippen LogP contribution in [0.3, 0.4) is 0 Å². The highest BCUT2D eigenvalue weighted by Crippen LogP contribution is 2.27. The van der Waals surface area contributed by atoms with Crippen LogP contribution in [-0.2, 0) is 18.4 Å². The number of hydrogen-bond donors (Lipinski definition) is 2. The van der Waals surface area contributed by atoms with Crippen LogP contribution in [0.25, 0.3) is 0 Å². The number of nitrogens with one attached hydrogen (secondary N) is 2. The van der Waals surface area contributed by atoms with Crippen molar-refractivity contribution in [3.8, 4) is 5.75 Å². The number of aliphatic imine (C=N–C) groups is 1. The predicted molar refractivity (Wildman–Crippen MR) is 104 cm³/mol. The van der Waals surface area contributed by atoms with Gasteiger partial charge < -0.3 is 15.4 Å². The molecule has 0 spiro atoms. The summed E-state index contributed by atoms with van der Waals surface area (Å²) in [4.78, 5) is 8.98. The number of fused-ring (bicyclic) bond motifs is 1. The number of aromatic nitrogens is 1. The van der Waals surface area contributed by atoms with E-state index in [-0.39, 0.29) is 11.5 Å². The molecule has 0 aliphatic carbocycles. The predicted octanol–water partition coefficient (Wildman–Crippen LogP) is 3.11. The van der Waals surface area contributed by atoms with Crippen LogP contribution in [0, 0.1) is 0 Å². The Balaban J connectivity index is 1.47. The highest BCUT2D eigenvalue weighted by molar-refractivity contribution is 7.09. The van der Waals surface area contributed by atoms with Crippen molar-refractivity contribution in [2.24, 2.45) is 4.99 Å². The van der Waals surface area contributed by atoms with Crippen LogP contribution in [0.15, 0.2) is 34.6 Å². The molecule has 1 aliphatic heterocycles. The van der Waals surface area contributed by atoms with Gasteiger partial charge in [0.05, 0.1) is 23.8 Å². The van der Waals surface area contributed by atoms with E-state index in [2.05, 4.69) is 53.9 Å². The van der Waals surface area contributed by atoms with E-state index in [9.17, 15) is 0 Å². The maximum Gasteiger partial charge on any atom is 0.191 e. The number of hydrogen-bond acceptors (Lipinski definition) is 4. The van der Waals surface area contributed by atoms with Crippen molar-refractivity contribution < 1.29 is 4.74 Å². The summed E-state index contributed by atoms with van der Waals surface area (Å²) in [5.74, 6) is 1.76. The second kappa shape index (κ2) is 7.44. The molecule has 1 aromatic heterocycles. The summed E-state index contributed by atoms with van der Waals surface area (Å²) in [6.45, 7) is 7.94. The van der Waals surface area contributed by atoms with Crippen LogP contribution in [0.2, 0.25) is 0 Å². The molecule has 0 saturated heterocycles. The lowest BCUT2D eigenvalue weighted by Gasteiger charge is -2.15. The second-order valence-corrected chi connectivity index (χ2v) is 8.11. The minimum absolute atomic E-state index is 0.0949. The zero-order chi connectivity index (χ0) is 17.9. The van der Waals surface area contributed by atoms with E-state index in [4.69, 9.17) is 9.72 Å². The van der Waals surface area contributed by atoms with Crippen LogP contribution < -0.4 is 15.4 Å². The van der Waals surface area contributed by atoms with Gasteiger partial charge in [0.15, 0.2) is 5.96 Å². The Morgan fingerprint density at radius 3 is 2.80 bits per heavy atom. The summed E-state index contributed by atoms with van der Waals surface area (Å²) in [5, 5.41) is 9.93. The monoisotopic (exact) mass is 358 g/mol. The van der Waals surface area contributed by atoms with Crippen LogP contribution >= 0.6 is 11.3 Å². The number of para-hydroxylation sites is 1. The fourth-order valence-electron chi connectivity index (χ4n) is 2.71. The maximum absolute atomic E-state index is 5.95. The molecular weight excluding hydrogens is 332 g/mol. The van der Waals surface area contributed by atoms with E-state index in [0.717, 1.165) is 35.4 Å². The molecule has 0 radical (unpaired) electrons. The van der Waals surface area contributed by atoms with E-state index in [1.165, 1.54) is 5.56 Å². The Bertz CT molecular complexity index is 723. The Morgan fingerprint density at radius 1 is 1.32 bits per heavy atom. The van der Waals surface area contributed by atoms with E-state index in [1.54, 1.807) is 18.4 Å². The Labute approximate surface area is 153 Å². The van der Waals surface area contributed by atoms with E-state index in [0.29, 0.717) is 6.54 Å². The molecule has 0 fully saturated rings. The van der Waals surface area contributed by atoms with Gasteiger partial charge >= 0.3 is 0 Å². The van der Waals surface area contributed by atoms with Crippen LogP contribution in [0.4, 0.5) is 0 Å². The molecule has 5 nitrogen and oxygen atoms in total. The summed E-state index contributed by atoms with van der Waals surface area (Å²) in [5.41, 5.74) is 2.41. The van der Waals surface area contributed by atoms with Gasteiger partial charge in [-0.1, -0.05) is 39.0 Å². The smallest absolute Gasteiger partial charge is 0.191 e. The Kier molecular flexibility index (Phi) is 5.27. The van der Waals surface area contributed by atoms with Crippen molar-refractivity contribution >= 4 is 17.3 Å². The molecule has 0 amide bonds. The first-order valence-electron chi connectivity index (χ1n) is 8.59. The molecule has 25 heavy (non-hydrogen) atoms. The van der Waals surface area contributed by atoms with Gasteiger partial charge in [-0.15, -0.1) is 11.3 Å². The standard InChI is InChI=1S/C19H26N4OS/c1-19(2,3)17-23-14(12-25-17)10-21-18(20-4)22-11-15-9-13-7-5-6-8-16(13)24-15/h5-8,12,15H,9-11H2,1-4H3,(H2,20,21,22). The van der Waals surface area contributed by atoms with Crippen molar-refractivity contribution in [2.45, 2.75) is 45.3 Å². The summed E-state index contributed by atoms with van der Waals surface area (Å²) in [6, 6.07) is 8.21. The number of thiazole rings is 1. The molecule has 1 unspecified atom stereocenters. The zero-order valence-electron chi connectivity index (χ0n) is 15.3. The molecule has 3 rings (SSSR count). The average molecular weight is 359 g/mol. The van der Waals surface area contributed by atoms with Crippen molar-refractivity contribution in [3.05, 3.63) is 45.9 Å². The summed E-state index contributed by atoms with van der Waals surface area (Å²) in [6.07, 6.45) is 1.07. The highest BCUT2D eigenvalue weighted by Gasteiger charge is 2.22. The third-order valence-corrected chi connectivity index (χ3v) is 5.38. The van der Waals surface area contributed by atoms with E-state index < -0.39 is 0 Å². The molecular formula is C19H26N4OS. The second-order valence-electron chi connectivity index (χ2n) is 7.25. The number of guanidine groups is 1. The molecule has 2 N–H and O–H groups in total. The topological polar surface area (TPSA) is 58.5 Å². The SMILES string of the molecule is CN=C(NCc1csc(C(C)(C)C)n1)NCC1Cc2ccccc2O1. The lowest BCUT2D eigenvalue weighted by Crippen LogP contribution is -2.42. The quantitative estimate of drug-likeness (QED) is 0.651. The molecule has 2 aromatic rings. The Morgan fingerprint density at radius 2 is 2.12 bits per heavy atom. The number of nitrogens with zero attached hydrogens (tertiary/aromatic N) is 2. The van der Waals surface area contributed by atoms with Crippen molar-refractivity contribution in [3.63, 3.8) is 0 Å². The molecule has 1 aliphatic rings. The molecule has 1 aromatic carbocycles. The van der Waals surface area contributed by atoms with Gasteiger partial charge in [0, 0.05) is 24.3 Å². The van der Waals surface area contributed by atoms with Gasteiger partial charge in [-0.05, 0) is 11.6 Å². The van der Waals surface area contributed by atoms with Crippen molar-refractivity contribution in [1.29, 1.82) is 0 Å². The van der Waals surface area contributed by atoms with Gasteiger partial charge in [0.25, 0.3) is 0 Å². The van der Waals surface area contributed by atoms with Crippen LogP contribution in [0.1, 0.15) is 37.0 Å². The molecule has 0 bridgehead atoms. The van der Waals surface area contributed by atoms with Gasteiger partial charge in [0.2, 0.25) is 0 Å². The molecule has 0 saturated carbocycles. The molecule has 2 heterocycles.